The molecule has 0 aliphatic carbocycles. The Morgan fingerprint density at radius 2 is 1.87 bits per heavy atom. The van der Waals surface area contributed by atoms with Crippen molar-refractivity contribution < 1.29 is 9.53 Å². The highest BCUT2D eigenvalue weighted by Crippen LogP contribution is 2.10. The van der Waals surface area contributed by atoms with Crippen LogP contribution in [0, 0.1) is 0 Å². The van der Waals surface area contributed by atoms with Gasteiger partial charge in [-0.15, -0.1) is 0 Å². The molecule has 5 heteroatoms. The summed E-state index contributed by atoms with van der Waals surface area (Å²) in [6, 6.07) is -0.0371. The summed E-state index contributed by atoms with van der Waals surface area (Å²) in [7, 11) is 1.61. The largest absolute Gasteiger partial charge is 0.444 e. The first kappa shape index (κ1) is 14.2. The SMILES string of the molecule is CC(N)CC(N)N(C)C(=O)OC(C)(C)C. The summed E-state index contributed by atoms with van der Waals surface area (Å²) in [5.41, 5.74) is 10.9. The highest BCUT2D eigenvalue weighted by molar-refractivity contribution is 5.68. The number of nitrogens with two attached hydrogens (primary N) is 2. The van der Waals surface area contributed by atoms with Gasteiger partial charge in [-0.3, -0.25) is 4.90 Å². The molecule has 4 N–H and O–H groups in total. The van der Waals surface area contributed by atoms with Gasteiger partial charge < -0.3 is 16.2 Å². The Hall–Kier alpha value is -0.810. The van der Waals surface area contributed by atoms with Crippen LogP contribution in [0.15, 0.2) is 0 Å². The fourth-order valence-corrected chi connectivity index (χ4v) is 1.01. The first-order valence-corrected chi connectivity index (χ1v) is 5.10. The summed E-state index contributed by atoms with van der Waals surface area (Å²) >= 11 is 0. The lowest BCUT2D eigenvalue weighted by Crippen LogP contribution is -2.47. The number of hydrogen-bond donors (Lipinski definition) is 2. The third kappa shape index (κ3) is 6.30. The summed E-state index contributed by atoms with van der Waals surface area (Å²) in [4.78, 5) is 12.9. The molecule has 0 bridgehead atoms. The Morgan fingerprint density at radius 3 is 2.20 bits per heavy atom. The number of carbonyl (C=O) groups excluding carboxylic acids is 1. The Kier molecular flexibility index (Phi) is 5.03. The van der Waals surface area contributed by atoms with Gasteiger partial charge in [0.15, 0.2) is 0 Å². The number of carbonyl (C=O) groups is 1. The summed E-state index contributed by atoms with van der Waals surface area (Å²) < 4.78 is 5.17. The number of hydrogen-bond acceptors (Lipinski definition) is 4. The Balaban J connectivity index is 4.20. The summed E-state index contributed by atoms with van der Waals surface area (Å²) in [6.07, 6.45) is -0.272. The van der Waals surface area contributed by atoms with Gasteiger partial charge in [0.1, 0.15) is 5.60 Å². The summed E-state index contributed by atoms with van der Waals surface area (Å²) in [6.45, 7) is 7.30. The molecule has 5 nitrogen and oxygen atoms in total. The van der Waals surface area contributed by atoms with Crippen molar-refractivity contribution in [1.82, 2.24) is 4.90 Å². The maximum atomic E-state index is 11.6. The average molecular weight is 217 g/mol. The van der Waals surface area contributed by atoms with E-state index in [0.29, 0.717) is 6.42 Å². The van der Waals surface area contributed by atoms with Gasteiger partial charge in [-0.2, -0.15) is 0 Å². The lowest BCUT2D eigenvalue weighted by atomic mass is 10.2. The fourth-order valence-electron chi connectivity index (χ4n) is 1.01. The quantitative estimate of drug-likeness (QED) is 0.687. The minimum atomic E-state index is -0.501. The van der Waals surface area contributed by atoms with Crippen molar-refractivity contribution in [3.8, 4) is 0 Å². The lowest BCUT2D eigenvalue weighted by molar-refractivity contribution is 0.0216. The number of ether oxygens (including phenoxy) is 1. The van der Waals surface area contributed by atoms with Gasteiger partial charge in [0, 0.05) is 13.1 Å². The molecule has 0 aliphatic heterocycles. The van der Waals surface area contributed by atoms with Gasteiger partial charge in [-0.05, 0) is 34.1 Å². The normalized spacial score (nSPS) is 15.7. The number of amides is 1. The van der Waals surface area contributed by atoms with Crippen LogP contribution in [0.4, 0.5) is 4.79 Å². The van der Waals surface area contributed by atoms with E-state index in [1.165, 1.54) is 4.90 Å². The number of nitrogens with zero attached hydrogens (tertiary/aromatic N) is 1. The van der Waals surface area contributed by atoms with Crippen LogP contribution in [0.2, 0.25) is 0 Å². The average Bonchev–Trinajstić information content (AvgIpc) is 1.98. The molecule has 0 aromatic rings. The third-order valence-corrected chi connectivity index (χ3v) is 1.79. The molecular formula is C10H23N3O2. The second kappa shape index (κ2) is 5.32. The highest BCUT2D eigenvalue weighted by atomic mass is 16.6. The van der Waals surface area contributed by atoms with Crippen molar-refractivity contribution in [3.63, 3.8) is 0 Å². The molecule has 2 atom stereocenters. The molecule has 2 unspecified atom stereocenters. The van der Waals surface area contributed by atoms with Gasteiger partial charge in [0.2, 0.25) is 0 Å². The smallest absolute Gasteiger partial charge is 0.411 e. The molecule has 0 heterocycles. The van der Waals surface area contributed by atoms with Gasteiger partial charge in [-0.1, -0.05) is 0 Å². The van der Waals surface area contributed by atoms with E-state index in [0.717, 1.165) is 0 Å². The van der Waals surface area contributed by atoms with Crippen LogP contribution in [-0.2, 0) is 4.74 Å². The van der Waals surface area contributed by atoms with E-state index >= 15 is 0 Å². The molecule has 0 aliphatic rings. The summed E-state index contributed by atoms with van der Waals surface area (Å²) in [5.74, 6) is 0. The minimum Gasteiger partial charge on any atom is -0.444 e. The van der Waals surface area contributed by atoms with Crippen molar-refractivity contribution in [2.24, 2.45) is 11.5 Å². The zero-order valence-electron chi connectivity index (χ0n) is 10.3. The molecule has 1 amide bonds. The molecule has 90 valence electrons. The van der Waals surface area contributed by atoms with Crippen LogP contribution in [0.25, 0.3) is 0 Å². The second-order valence-electron chi connectivity index (χ2n) is 4.87. The molecule has 0 rings (SSSR count). The predicted octanol–water partition coefficient (Wildman–Crippen LogP) is 0.875. The van der Waals surface area contributed by atoms with Crippen LogP contribution < -0.4 is 11.5 Å². The van der Waals surface area contributed by atoms with E-state index in [4.69, 9.17) is 16.2 Å². The van der Waals surface area contributed by atoms with Crippen LogP contribution in [-0.4, -0.2) is 35.8 Å². The molecule has 0 aromatic heterocycles. The van der Waals surface area contributed by atoms with E-state index in [2.05, 4.69) is 0 Å². The Bertz CT molecular complexity index is 211. The van der Waals surface area contributed by atoms with Crippen LogP contribution in [0.1, 0.15) is 34.1 Å². The molecule has 0 fully saturated rings. The maximum Gasteiger partial charge on any atom is 0.411 e. The van der Waals surface area contributed by atoms with Crippen LogP contribution >= 0.6 is 0 Å². The molecule has 0 saturated carbocycles. The van der Waals surface area contributed by atoms with Gasteiger partial charge in [0.25, 0.3) is 0 Å². The van der Waals surface area contributed by atoms with Crippen molar-refractivity contribution in [2.75, 3.05) is 7.05 Å². The molecule has 0 radical (unpaired) electrons. The number of rotatable bonds is 3. The highest BCUT2D eigenvalue weighted by Gasteiger charge is 2.23. The topological polar surface area (TPSA) is 81.6 Å². The second-order valence-corrected chi connectivity index (χ2v) is 4.87. The molecular weight excluding hydrogens is 194 g/mol. The van der Waals surface area contributed by atoms with Gasteiger partial charge in [0.05, 0.1) is 6.17 Å². The zero-order chi connectivity index (χ0) is 12.2. The van der Waals surface area contributed by atoms with Crippen LogP contribution in [0.5, 0.6) is 0 Å². The van der Waals surface area contributed by atoms with Crippen LogP contribution in [0.3, 0.4) is 0 Å². The van der Waals surface area contributed by atoms with E-state index < -0.39 is 17.9 Å². The molecule has 0 saturated heterocycles. The van der Waals surface area contributed by atoms with E-state index in [1.54, 1.807) is 7.05 Å². The van der Waals surface area contributed by atoms with Crippen molar-refractivity contribution in [1.29, 1.82) is 0 Å². The first-order chi connectivity index (χ1) is 6.63. The first-order valence-electron chi connectivity index (χ1n) is 5.10. The van der Waals surface area contributed by atoms with Crippen molar-refractivity contribution >= 4 is 6.09 Å². The molecule has 0 aromatic carbocycles. The molecule has 0 spiro atoms. The van der Waals surface area contributed by atoms with E-state index in [1.807, 2.05) is 27.7 Å². The Morgan fingerprint density at radius 1 is 1.40 bits per heavy atom. The van der Waals surface area contributed by atoms with Crippen molar-refractivity contribution in [2.45, 2.75) is 51.9 Å². The maximum absolute atomic E-state index is 11.6. The molecule has 15 heavy (non-hydrogen) atoms. The minimum absolute atomic E-state index is 0.0371. The van der Waals surface area contributed by atoms with E-state index in [-0.39, 0.29) is 6.04 Å². The third-order valence-electron chi connectivity index (χ3n) is 1.79. The summed E-state index contributed by atoms with van der Waals surface area (Å²) in [5, 5.41) is 0. The zero-order valence-corrected chi connectivity index (χ0v) is 10.3. The van der Waals surface area contributed by atoms with Gasteiger partial charge >= 0.3 is 6.09 Å². The Labute approximate surface area is 91.7 Å². The van der Waals surface area contributed by atoms with E-state index in [9.17, 15) is 4.79 Å². The van der Waals surface area contributed by atoms with Crippen molar-refractivity contribution in [3.05, 3.63) is 0 Å². The van der Waals surface area contributed by atoms with Gasteiger partial charge in [-0.25, -0.2) is 4.79 Å². The monoisotopic (exact) mass is 217 g/mol. The predicted molar refractivity (Wildman–Crippen MR) is 60.2 cm³/mol. The fraction of sp³-hybridized carbons (Fsp3) is 0.900. The lowest BCUT2D eigenvalue weighted by Gasteiger charge is -2.29. The standard InChI is InChI=1S/C10H23N3O2/c1-7(11)6-8(12)13(5)9(14)15-10(2,3)4/h7-8H,6,11-12H2,1-5H3.